The molecule has 1 saturated heterocycles. The molecule has 2 heterocycles. The molecule has 3 rings (SSSR count). The molecule has 1 aromatic carbocycles. The molecule has 2 aromatic rings. The summed E-state index contributed by atoms with van der Waals surface area (Å²) >= 11 is 3.44. The van der Waals surface area contributed by atoms with Crippen molar-refractivity contribution in [1.82, 2.24) is 14.8 Å². The fourth-order valence-electron chi connectivity index (χ4n) is 2.91. The molecule has 0 amide bonds. The van der Waals surface area contributed by atoms with Gasteiger partial charge in [0.15, 0.2) is 0 Å². The van der Waals surface area contributed by atoms with Gasteiger partial charge >= 0.3 is 5.97 Å². The van der Waals surface area contributed by atoms with E-state index < -0.39 is 12.0 Å². The highest BCUT2D eigenvalue weighted by Gasteiger charge is 2.31. The number of benzene rings is 1. The molecule has 0 aliphatic carbocycles. The quantitative estimate of drug-likeness (QED) is 0.890. The summed E-state index contributed by atoms with van der Waals surface area (Å²) in [5.74, 6) is -0.789. The topological polar surface area (TPSA) is 59.6 Å². The van der Waals surface area contributed by atoms with Crippen LogP contribution in [0.5, 0.6) is 0 Å². The van der Waals surface area contributed by atoms with E-state index in [1.807, 2.05) is 29.3 Å². The van der Waals surface area contributed by atoms with Gasteiger partial charge in [-0.3, -0.25) is 9.69 Å². The van der Waals surface area contributed by atoms with Crippen LogP contribution in [0.4, 0.5) is 0 Å². The molecule has 0 radical (unpaired) electrons. The minimum absolute atomic E-state index is 0.589. The molecular weight excluding hydrogens is 334 g/mol. The number of H-pyrrole nitrogens is 1. The number of aromatic nitrogens is 1. The average molecular weight is 352 g/mol. The van der Waals surface area contributed by atoms with Gasteiger partial charge in [0.2, 0.25) is 0 Å². The maximum absolute atomic E-state index is 11.8. The maximum Gasteiger partial charge on any atom is 0.325 e. The van der Waals surface area contributed by atoms with E-state index in [4.69, 9.17) is 0 Å². The Hall–Kier alpha value is -1.37. The molecule has 0 spiro atoms. The number of carboxylic acids is 1. The maximum atomic E-state index is 11.8. The fraction of sp³-hybridized carbons (Fsp3) is 0.400. The van der Waals surface area contributed by atoms with Gasteiger partial charge in [0, 0.05) is 53.3 Å². The zero-order valence-corrected chi connectivity index (χ0v) is 13.4. The highest BCUT2D eigenvalue weighted by Crippen LogP contribution is 2.30. The zero-order chi connectivity index (χ0) is 15.0. The third-order valence-electron chi connectivity index (χ3n) is 4.11. The second kappa shape index (κ2) is 5.79. The molecule has 1 aliphatic rings. The highest BCUT2D eigenvalue weighted by molar-refractivity contribution is 9.10. The molecular formula is C15H18BrN3O2. The monoisotopic (exact) mass is 351 g/mol. The molecule has 1 atom stereocenters. The van der Waals surface area contributed by atoms with Crippen LogP contribution in [0.25, 0.3) is 10.9 Å². The SMILES string of the molecule is CN1CCN([C@@H](C(=O)O)c2c[nH]c3cc(Br)ccc23)CC1. The second-order valence-corrected chi connectivity index (χ2v) is 6.43. The number of hydrogen-bond acceptors (Lipinski definition) is 3. The van der Waals surface area contributed by atoms with Crippen molar-refractivity contribution in [2.45, 2.75) is 6.04 Å². The van der Waals surface area contributed by atoms with Crippen molar-refractivity contribution in [3.05, 3.63) is 34.4 Å². The first-order valence-corrected chi connectivity index (χ1v) is 7.77. The van der Waals surface area contributed by atoms with Gasteiger partial charge < -0.3 is 15.0 Å². The smallest absolute Gasteiger partial charge is 0.325 e. The third kappa shape index (κ3) is 2.84. The minimum atomic E-state index is -0.789. The van der Waals surface area contributed by atoms with Crippen LogP contribution >= 0.6 is 15.9 Å². The lowest BCUT2D eigenvalue weighted by molar-refractivity contribution is -0.144. The first kappa shape index (κ1) is 14.6. The molecule has 1 aromatic heterocycles. The Kier molecular flexibility index (Phi) is 4.01. The summed E-state index contributed by atoms with van der Waals surface area (Å²) in [7, 11) is 2.07. The van der Waals surface area contributed by atoms with Gasteiger partial charge in [-0.05, 0) is 19.2 Å². The third-order valence-corrected chi connectivity index (χ3v) is 4.60. The molecule has 21 heavy (non-hydrogen) atoms. The predicted molar refractivity (Wildman–Crippen MR) is 85.4 cm³/mol. The molecule has 1 aliphatic heterocycles. The summed E-state index contributed by atoms with van der Waals surface area (Å²) in [6, 6.07) is 5.30. The fourth-order valence-corrected chi connectivity index (χ4v) is 3.27. The largest absolute Gasteiger partial charge is 0.480 e. The van der Waals surface area contributed by atoms with Crippen molar-refractivity contribution in [1.29, 1.82) is 0 Å². The summed E-state index contributed by atoms with van der Waals surface area (Å²) in [6.07, 6.45) is 1.83. The van der Waals surface area contributed by atoms with Gasteiger partial charge in [0.1, 0.15) is 6.04 Å². The van der Waals surface area contributed by atoms with Crippen LogP contribution in [-0.4, -0.2) is 59.1 Å². The van der Waals surface area contributed by atoms with E-state index in [1.165, 1.54) is 0 Å². The molecule has 2 N–H and O–H groups in total. The van der Waals surface area contributed by atoms with Crippen LogP contribution in [0.3, 0.4) is 0 Å². The van der Waals surface area contributed by atoms with Gasteiger partial charge in [-0.25, -0.2) is 0 Å². The molecule has 0 saturated carbocycles. The Bertz CT molecular complexity index is 662. The van der Waals surface area contributed by atoms with Gasteiger partial charge in [-0.2, -0.15) is 0 Å². The van der Waals surface area contributed by atoms with Gasteiger partial charge in [-0.1, -0.05) is 22.0 Å². The van der Waals surface area contributed by atoms with Crippen molar-refractivity contribution >= 4 is 32.8 Å². The average Bonchev–Trinajstić information content (AvgIpc) is 2.84. The molecule has 6 heteroatoms. The minimum Gasteiger partial charge on any atom is -0.480 e. The van der Waals surface area contributed by atoms with E-state index in [-0.39, 0.29) is 0 Å². The van der Waals surface area contributed by atoms with Gasteiger partial charge in [-0.15, -0.1) is 0 Å². The van der Waals surface area contributed by atoms with Crippen molar-refractivity contribution in [3.8, 4) is 0 Å². The first-order valence-electron chi connectivity index (χ1n) is 6.98. The Labute approximate surface area is 131 Å². The van der Waals surface area contributed by atoms with E-state index in [0.29, 0.717) is 0 Å². The molecule has 5 nitrogen and oxygen atoms in total. The summed E-state index contributed by atoms with van der Waals surface area (Å²) < 4.78 is 0.981. The van der Waals surface area contributed by atoms with Crippen molar-refractivity contribution in [2.24, 2.45) is 0 Å². The zero-order valence-electron chi connectivity index (χ0n) is 11.8. The number of rotatable bonds is 3. The van der Waals surface area contributed by atoms with Crippen LogP contribution in [0, 0.1) is 0 Å². The second-order valence-electron chi connectivity index (χ2n) is 5.51. The highest BCUT2D eigenvalue weighted by atomic mass is 79.9. The number of halogens is 1. The van der Waals surface area contributed by atoms with Crippen LogP contribution < -0.4 is 0 Å². The van der Waals surface area contributed by atoms with Crippen LogP contribution in [-0.2, 0) is 4.79 Å². The number of aliphatic carboxylic acids is 1. The predicted octanol–water partition coefficient (Wildman–Crippen LogP) is 2.30. The lowest BCUT2D eigenvalue weighted by atomic mass is 10.0. The number of hydrogen-bond donors (Lipinski definition) is 2. The van der Waals surface area contributed by atoms with E-state index in [2.05, 4.69) is 32.9 Å². The number of nitrogens with zero attached hydrogens (tertiary/aromatic N) is 2. The normalized spacial score (nSPS) is 19.0. The van der Waals surface area contributed by atoms with Crippen LogP contribution in [0.15, 0.2) is 28.9 Å². The standard InChI is InChI=1S/C15H18BrN3O2/c1-18-4-6-19(7-5-18)14(15(20)21)12-9-17-13-8-10(16)2-3-11(12)13/h2-3,8-9,14,17H,4-7H2,1H3,(H,20,21)/t14-/m1/s1. The molecule has 112 valence electrons. The summed E-state index contributed by atoms with van der Waals surface area (Å²) in [5.41, 5.74) is 1.80. The number of piperazine rings is 1. The lowest BCUT2D eigenvalue weighted by Crippen LogP contribution is -2.47. The number of carboxylic acid groups (broad SMARTS) is 1. The Balaban J connectivity index is 1.98. The van der Waals surface area contributed by atoms with E-state index in [9.17, 15) is 9.90 Å². The molecule has 0 unspecified atom stereocenters. The van der Waals surface area contributed by atoms with E-state index >= 15 is 0 Å². The van der Waals surface area contributed by atoms with Crippen LogP contribution in [0.1, 0.15) is 11.6 Å². The number of carbonyl (C=O) groups is 1. The lowest BCUT2D eigenvalue weighted by Gasteiger charge is -2.36. The van der Waals surface area contributed by atoms with Crippen molar-refractivity contribution < 1.29 is 9.90 Å². The van der Waals surface area contributed by atoms with E-state index in [0.717, 1.165) is 47.1 Å². The van der Waals surface area contributed by atoms with Crippen molar-refractivity contribution in [3.63, 3.8) is 0 Å². The van der Waals surface area contributed by atoms with Gasteiger partial charge in [0.25, 0.3) is 0 Å². The number of aromatic amines is 1. The van der Waals surface area contributed by atoms with Gasteiger partial charge in [0.05, 0.1) is 0 Å². The van der Waals surface area contributed by atoms with E-state index in [1.54, 1.807) is 0 Å². The summed E-state index contributed by atoms with van der Waals surface area (Å²) in [6.45, 7) is 3.35. The molecule has 0 bridgehead atoms. The van der Waals surface area contributed by atoms with Crippen molar-refractivity contribution in [2.75, 3.05) is 33.2 Å². The first-order chi connectivity index (χ1) is 10.1. The number of likely N-dealkylation sites (N-methyl/N-ethyl adjacent to an activating group) is 1. The number of nitrogens with one attached hydrogen (secondary N) is 1. The summed E-state index contributed by atoms with van der Waals surface area (Å²) in [5, 5.41) is 10.7. The van der Waals surface area contributed by atoms with Crippen LogP contribution in [0.2, 0.25) is 0 Å². The Morgan fingerprint density at radius 1 is 1.33 bits per heavy atom. The number of fused-ring (bicyclic) bond motifs is 1. The molecule has 1 fully saturated rings. The summed E-state index contributed by atoms with van der Waals surface area (Å²) in [4.78, 5) is 19.3. The Morgan fingerprint density at radius 2 is 2.05 bits per heavy atom. The Morgan fingerprint density at radius 3 is 2.71 bits per heavy atom.